The van der Waals surface area contributed by atoms with Crippen LogP contribution in [0.4, 0.5) is 4.39 Å². The lowest BCUT2D eigenvalue weighted by Crippen LogP contribution is -2.03. The first kappa shape index (κ1) is 9.49. The van der Waals surface area contributed by atoms with Crippen molar-refractivity contribution < 1.29 is 14.3 Å². The zero-order valence-corrected chi connectivity index (χ0v) is 6.97. The fourth-order valence-corrected chi connectivity index (χ4v) is 1.11. The van der Waals surface area contributed by atoms with Gasteiger partial charge in [-0.25, -0.2) is 9.18 Å². The van der Waals surface area contributed by atoms with Crippen molar-refractivity contribution in [2.45, 2.75) is 0 Å². The van der Waals surface area contributed by atoms with Gasteiger partial charge < -0.3 is 5.11 Å². The van der Waals surface area contributed by atoms with Gasteiger partial charge in [0.2, 0.25) is 0 Å². The van der Waals surface area contributed by atoms with E-state index in [2.05, 4.69) is 0 Å². The lowest BCUT2D eigenvalue weighted by atomic mass is 10.1. The van der Waals surface area contributed by atoms with Gasteiger partial charge in [-0.2, -0.15) is 5.26 Å². The first-order chi connectivity index (χ1) is 6.07. The van der Waals surface area contributed by atoms with Crippen molar-refractivity contribution in [3.63, 3.8) is 0 Å². The van der Waals surface area contributed by atoms with Gasteiger partial charge in [0.25, 0.3) is 0 Å². The average molecular weight is 200 g/mol. The number of hydrogen-bond acceptors (Lipinski definition) is 2. The van der Waals surface area contributed by atoms with Crippen LogP contribution in [-0.2, 0) is 0 Å². The second-order valence-corrected chi connectivity index (χ2v) is 2.60. The Morgan fingerprint density at radius 2 is 2.23 bits per heavy atom. The number of rotatable bonds is 1. The highest BCUT2D eigenvalue weighted by atomic mass is 35.5. The summed E-state index contributed by atoms with van der Waals surface area (Å²) in [5.41, 5.74) is -1.04. The smallest absolute Gasteiger partial charge is 0.338 e. The van der Waals surface area contributed by atoms with E-state index in [0.29, 0.717) is 0 Å². The molecule has 0 atom stereocenters. The van der Waals surface area contributed by atoms with Gasteiger partial charge in [0.05, 0.1) is 10.6 Å². The van der Waals surface area contributed by atoms with E-state index in [4.69, 9.17) is 22.0 Å². The van der Waals surface area contributed by atoms with E-state index < -0.39 is 22.9 Å². The summed E-state index contributed by atoms with van der Waals surface area (Å²) in [4.78, 5) is 10.6. The highest BCUT2D eigenvalue weighted by molar-refractivity contribution is 6.33. The van der Waals surface area contributed by atoms with E-state index >= 15 is 0 Å². The fraction of sp³-hybridized carbons (Fsp3) is 0. The molecule has 0 aliphatic rings. The Labute approximate surface area is 78.0 Å². The highest BCUT2D eigenvalue weighted by Gasteiger charge is 2.17. The van der Waals surface area contributed by atoms with E-state index in [1.54, 1.807) is 0 Å². The number of aromatic carboxylic acids is 1. The van der Waals surface area contributed by atoms with Crippen LogP contribution in [0.2, 0.25) is 5.02 Å². The Kier molecular flexibility index (Phi) is 2.49. The summed E-state index contributed by atoms with van der Waals surface area (Å²) in [6.07, 6.45) is 0. The zero-order valence-electron chi connectivity index (χ0n) is 6.21. The van der Waals surface area contributed by atoms with Gasteiger partial charge in [-0.15, -0.1) is 0 Å². The molecule has 0 fully saturated rings. The third-order valence-corrected chi connectivity index (χ3v) is 1.74. The second kappa shape index (κ2) is 3.42. The summed E-state index contributed by atoms with van der Waals surface area (Å²) in [7, 11) is 0. The first-order valence-corrected chi connectivity index (χ1v) is 3.57. The molecule has 66 valence electrons. The minimum absolute atomic E-state index is 0.148. The molecule has 0 aliphatic carbocycles. The Hall–Kier alpha value is -1.60. The summed E-state index contributed by atoms with van der Waals surface area (Å²) in [6, 6.07) is 3.50. The molecular weight excluding hydrogens is 197 g/mol. The van der Waals surface area contributed by atoms with Crippen molar-refractivity contribution in [1.29, 1.82) is 5.26 Å². The van der Waals surface area contributed by atoms with Crippen LogP contribution in [0.5, 0.6) is 0 Å². The molecule has 0 heterocycles. The minimum atomic E-state index is -1.42. The Morgan fingerprint density at radius 3 is 2.62 bits per heavy atom. The van der Waals surface area contributed by atoms with Crippen molar-refractivity contribution in [2.24, 2.45) is 0 Å². The van der Waals surface area contributed by atoms with Crippen molar-refractivity contribution in [3.05, 3.63) is 34.1 Å². The number of hydrogen-bond donors (Lipinski definition) is 1. The van der Waals surface area contributed by atoms with Crippen LogP contribution in [0, 0.1) is 17.1 Å². The maximum absolute atomic E-state index is 12.8. The van der Waals surface area contributed by atoms with Crippen LogP contribution in [0.3, 0.4) is 0 Å². The number of nitrogens with zero attached hydrogens (tertiary/aromatic N) is 1. The lowest BCUT2D eigenvalue weighted by Gasteiger charge is -2.01. The molecule has 1 aromatic rings. The number of nitriles is 1. The molecule has 0 aliphatic heterocycles. The molecule has 0 bridgehead atoms. The van der Waals surface area contributed by atoms with Crippen molar-refractivity contribution in [3.8, 4) is 6.07 Å². The molecule has 1 N–H and O–H groups in total. The molecule has 13 heavy (non-hydrogen) atoms. The van der Waals surface area contributed by atoms with Gasteiger partial charge in [-0.05, 0) is 12.1 Å². The Bertz CT molecular complexity index is 411. The van der Waals surface area contributed by atoms with E-state index in [1.165, 1.54) is 6.07 Å². The van der Waals surface area contributed by atoms with Gasteiger partial charge in [0, 0.05) is 0 Å². The van der Waals surface area contributed by atoms with E-state index in [-0.39, 0.29) is 5.02 Å². The van der Waals surface area contributed by atoms with Gasteiger partial charge in [0.1, 0.15) is 17.4 Å². The SMILES string of the molecule is N#Cc1c(F)ccc(Cl)c1C(=O)O. The summed E-state index contributed by atoms with van der Waals surface area (Å²) >= 11 is 5.48. The number of carboxylic acid groups (broad SMARTS) is 1. The Balaban J connectivity index is 3.55. The molecule has 0 unspecified atom stereocenters. The molecule has 0 radical (unpaired) electrons. The third-order valence-electron chi connectivity index (χ3n) is 1.43. The standard InChI is InChI=1S/C8H3ClFNO2/c9-5-1-2-6(10)4(3-11)7(5)8(12)13/h1-2H,(H,12,13). The van der Waals surface area contributed by atoms with Gasteiger partial charge in [-0.3, -0.25) is 0 Å². The molecule has 0 saturated carbocycles. The maximum Gasteiger partial charge on any atom is 0.338 e. The van der Waals surface area contributed by atoms with E-state index in [0.717, 1.165) is 12.1 Å². The molecule has 0 amide bonds. The quantitative estimate of drug-likeness (QED) is 0.753. The van der Waals surface area contributed by atoms with Crippen LogP contribution in [0.1, 0.15) is 15.9 Å². The normalized spacial score (nSPS) is 9.31. The molecule has 0 spiro atoms. The zero-order chi connectivity index (χ0) is 10.0. The highest BCUT2D eigenvalue weighted by Crippen LogP contribution is 2.21. The Morgan fingerprint density at radius 1 is 1.62 bits per heavy atom. The van der Waals surface area contributed by atoms with Crippen LogP contribution in [-0.4, -0.2) is 11.1 Å². The number of carbonyl (C=O) groups is 1. The molecule has 0 aromatic heterocycles. The largest absolute Gasteiger partial charge is 0.478 e. The van der Waals surface area contributed by atoms with Crippen molar-refractivity contribution in [1.82, 2.24) is 0 Å². The summed E-state index contributed by atoms with van der Waals surface area (Å²) in [6.45, 7) is 0. The number of carboxylic acids is 1. The summed E-state index contributed by atoms with van der Waals surface area (Å²) < 4.78 is 12.8. The van der Waals surface area contributed by atoms with E-state index in [1.807, 2.05) is 0 Å². The summed E-state index contributed by atoms with van der Waals surface area (Å²) in [5, 5.41) is 16.9. The summed E-state index contributed by atoms with van der Waals surface area (Å²) in [5.74, 6) is -2.30. The third kappa shape index (κ3) is 1.60. The van der Waals surface area contributed by atoms with Crippen molar-refractivity contribution >= 4 is 17.6 Å². The second-order valence-electron chi connectivity index (χ2n) is 2.20. The van der Waals surface area contributed by atoms with Crippen LogP contribution in [0.25, 0.3) is 0 Å². The van der Waals surface area contributed by atoms with Gasteiger partial charge >= 0.3 is 5.97 Å². The molecular formula is C8H3ClFNO2. The van der Waals surface area contributed by atoms with E-state index in [9.17, 15) is 9.18 Å². The van der Waals surface area contributed by atoms with Crippen LogP contribution >= 0.6 is 11.6 Å². The monoisotopic (exact) mass is 199 g/mol. The minimum Gasteiger partial charge on any atom is -0.478 e. The maximum atomic E-state index is 12.8. The van der Waals surface area contributed by atoms with Gasteiger partial charge in [0.15, 0.2) is 0 Å². The van der Waals surface area contributed by atoms with Crippen LogP contribution < -0.4 is 0 Å². The van der Waals surface area contributed by atoms with Gasteiger partial charge in [-0.1, -0.05) is 11.6 Å². The average Bonchev–Trinajstić information content (AvgIpc) is 2.07. The molecule has 1 rings (SSSR count). The first-order valence-electron chi connectivity index (χ1n) is 3.19. The predicted molar refractivity (Wildman–Crippen MR) is 43.1 cm³/mol. The number of halogens is 2. The van der Waals surface area contributed by atoms with Crippen LogP contribution in [0.15, 0.2) is 12.1 Å². The molecule has 1 aromatic carbocycles. The fourth-order valence-electron chi connectivity index (χ4n) is 0.870. The topological polar surface area (TPSA) is 61.1 Å². The molecule has 3 nitrogen and oxygen atoms in total. The lowest BCUT2D eigenvalue weighted by molar-refractivity contribution is 0.0696. The molecule has 5 heteroatoms. The molecule has 0 saturated heterocycles. The predicted octanol–water partition coefficient (Wildman–Crippen LogP) is 2.05. The van der Waals surface area contributed by atoms with Crippen molar-refractivity contribution in [2.75, 3.05) is 0 Å². The number of benzene rings is 1.